The van der Waals surface area contributed by atoms with Crippen LogP contribution in [0.15, 0.2) is 12.7 Å². The Morgan fingerprint density at radius 3 is 2.33 bits per heavy atom. The van der Waals surface area contributed by atoms with Gasteiger partial charge in [-0.05, 0) is 104 Å². The molecule has 2 aromatic rings. The summed E-state index contributed by atoms with van der Waals surface area (Å²) in [7, 11) is -16.5. The minimum atomic E-state index is -5.60. The zero-order chi connectivity index (χ0) is 57.3. The summed E-state index contributed by atoms with van der Waals surface area (Å²) in [6.45, 7) is 9.72. The number of phosphoric ester groups is 3. The van der Waals surface area contributed by atoms with Crippen LogP contribution < -0.4 is 16.4 Å². The van der Waals surface area contributed by atoms with Crippen molar-refractivity contribution in [2.24, 2.45) is 57.7 Å². The second kappa shape index (κ2) is 25.1. The lowest BCUT2D eigenvalue weighted by molar-refractivity contribution is -0.174. The van der Waals surface area contributed by atoms with Gasteiger partial charge in [0, 0.05) is 36.6 Å². The van der Waals surface area contributed by atoms with Crippen LogP contribution in [0.4, 0.5) is 5.82 Å². The summed E-state index contributed by atoms with van der Waals surface area (Å²) < 4.78 is 62.8. The number of fused-ring (bicyclic) bond motifs is 6. The van der Waals surface area contributed by atoms with Gasteiger partial charge < -0.3 is 61.1 Å². The first-order chi connectivity index (χ1) is 36.4. The number of ether oxygens (including phenoxy) is 1. The van der Waals surface area contributed by atoms with Gasteiger partial charge in [0.25, 0.3) is 0 Å². The van der Waals surface area contributed by atoms with Gasteiger partial charge in [0.15, 0.2) is 22.8 Å². The molecule has 0 radical (unpaired) electrons. The third-order valence-electron chi connectivity index (χ3n) is 17.9. The van der Waals surface area contributed by atoms with Crippen LogP contribution in [0.25, 0.3) is 11.2 Å². The molecule has 442 valence electrons. The zero-order valence-corrected chi connectivity index (χ0v) is 48.4. The van der Waals surface area contributed by atoms with Gasteiger partial charge in [-0.2, -0.15) is 4.31 Å². The first-order valence-electron chi connectivity index (χ1n) is 26.8. The van der Waals surface area contributed by atoms with Gasteiger partial charge in [0.2, 0.25) is 11.8 Å². The fourth-order valence-electron chi connectivity index (χ4n) is 13.7. The van der Waals surface area contributed by atoms with Crippen LogP contribution in [-0.4, -0.2) is 145 Å². The number of thioether (sulfide) groups is 1. The van der Waals surface area contributed by atoms with Crippen molar-refractivity contribution in [3.63, 3.8) is 0 Å². The number of nitrogens with one attached hydrogen (secondary N) is 2. The number of anilines is 1. The molecule has 78 heavy (non-hydrogen) atoms. The highest BCUT2D eigenvalue weighted by molar-refractivity contribution is 8.13. The van der Waals surface area contributed by atoms with Crippen LogP contribution in [0, 0.1) is 57.7 Å². The number of hydrogen-bond donors (Lipinski definition) is 11. The summed E-state index contributed by atoms with van der Waals surface area (Å²) in [5.74, 6) is 1.58. The van der Waals surface area contributed by atoms with Gasteiger partial charge in [-0.15, -0.1) is 0 Å². The van der Waals surface area contributed by atoms with Crippen LogP contribution in [0.5, 0.6) is 0 Å². The van der Waals surface area contributed by atoms with Crippen molar-refractivity contribution in [3.05, 3.63) is 12.7 Å². The highest BCUT2D eigenvalue weighted by Gasteiger charge is 2.63. The molecular formula is C48H80N7O19P3S. The lowest BCUT2D eigenvalue weighted by Crippen LogP contribution is -2.58. The van der Waals surface area contributed by atoms with Crippen LogP contribution in [0.2, 0.25) is 0 Å². The van der Waals surface area contributed by atoms with Crippen molar-refractivity contribution in [1.82, 2.24) is 30.2 Å². The number of amides is 2. The molecular weight excluding hydrogens is 1100 g/mol. The standard InChI is InChI=1S/C48H80N7O19P3S/c1-26(30-10-11-31-36-32(13-16-48(30,31)6)47(5)15-12-29(56)20-28(47)21-33(36)57)8-7-9-27(2)45(62)78-19-18-50-35(58)14-17-51-43(61)40(60)46(3,4)23-71-77(68,69)74-76(66,67)70-22-34-39(73-75(63,64)65)38(59)44(72-34)55-25-54-37-41(49)52-24-53-42(37)55/h24-34,36,38-40,44,56-57,59-60H,7-23H2,1-6H3,(H,50,58)(H,51,61)(H,66,67)(H,68,69)(H2,49,52,53)(H2,63,64,65)/t26-,27-,28+,29-,30-,31+,32+,33-,34-,36+,38-,39-,40+,44-,47+,48-/m1/s1. The molecule has 3 heterocycles. The van der Waals surface area contributed by atoms with Gasteiger partial charge in [-0.25, -0.2) is 28.6 Å². The molecule has 2 aromatic heterocycles. The monoisotopic (exact) mass is 1180 g/mol. The van der Waals surface area contributed by atoms with Gasteiger partial charge in [0.05, 0.1) is 31.7 Å². The molecule has 7 rings (SSSR count). The van der Waals surface area contributed by atoms with Gasteiger partial charge >= 0.3 is 23.5 Å². The number of imidazole rings is 1. The van der Waals surface area contributed by atoms with Crippen molar-refractivity contribution < 1.29 is 90.7 Å². The number of phosphoric acid groups is 3. The topological polar surface area (TPSA) is 404 Å². The Bertz CT molecular complexity index is 2600. The molecule has 1 saturated heterocycles. The van der Waals surface area contributed by atoms with E-state index >= 15 is 0 Å². The van der Waals surface area contributed by atoms with E-state index in [0.29, 0.717) is 41.3 Å². The van der Waals surface area contributed by atoms with E-state index in [-0.39, 0.29) is 70.6 Å². The normalized spacial score (nSPS) is 33.9. The lowest BCUT2D eigenvalue weighted by atomic mass is 9.43. The van der Waals surface area contributed by atoms with E-state index in [9.17, 15) is 68.1 Å². The summed E-state index contributed by atoms with van der Waals surface area (Å²) in [5, 5.41) is 48.9. The Hall–Kier alpha value is -2.52. The van der Waals surface area contributed by atoms with E-state index in [1.807, 2.05) is 6.92 Å². The van der Waals surface area contributed by atoms with Crippen LogP contribution in [0.3, 0.4) is 0 Å². The maximum atomic E-state index is 13.0. The number of carbonyl (C=O) groups excluding carboxylic acids is 3. The predicted molar refractivity (Wildman–Crippen MR) is 282 cm³/mol. The second-order valence-corrected chi connectivity index (χ2v) is 28.8. The summed E-state index contributed by atoms with van der Waals surface area (Å²) in [4.78, 5) is 89.9. The first-order valence-corrected chi connectivity index (χ1v) is 32.3. The molecule has 5 aliphatic rings. The summed E-state index contributed by atoms with van der Waals surface area (Å²) >= 11 is 1.16. The Morgan fingerprint density at radius 2 is 1.62 bits per heavy atom. The number of hydrogen-bond acceptors (Lipinski definition) is 20. The third kappa shape index (κ3) is 14.6. The molecule has 0 spiro atoms. The number of aliphatic hydroxyl groups excluding tert-OH is 4. The predicted octanol–water partition coefficient (Wildman–Crippen LogP) is 4.10. The summed E-state index contributed by atoms with van der Waals surface area (Å²) in [5.41, 5.74) is 4.67. The Labute approximate surface area is 457 Å². The number of nitrogens with two attached hydrogens (primary N) is 1. The summed E-state index contributed by atoms with van der Waals surface area (Å²) in [6, 6.07) is 0. The molecule has 0 aromatic carbocycles. The largest absolute Gasteiger partial charge is 0.481 e. The van der Waals surface area contributed by atoms with Gasteiger partial charge in [0.1, 0.15) is 36.3 Å². The molecule has 18 atom stereocenters. The molecule has 1 aliphatic heterocycles. The summed E-state index contributed by atoms with van der Waals surface area (Å²) in [6.07, 6.45) is 3.42. The van der Waals surface area contributed by atoms with Crippen molar-refractivity contribution in [1.29, 1.82) is 0 Å². The molecule has 2 unspecified atom stereocenters. The number of nitrogens with zero attached hydrogens (tertiary/aromatic N) is 4. The zero-order valence-electron chi connectivity index (χ0n) is 44.9. The fraction of sp³-hybridized carbons (Fsp3) is 0.833. The van der Waals surface area contributed by atoms with Crippen LogP contribution >= 0.6 is 35.2 Å². The van der Waals surface area contributed by atoms with Crippen molar-refractivity contribution in [3.8, 4) is 0 Å². The smallest absolute Gasteiger partial charge is 0.393 e. The molecule has 12 N–H and O–H groups in total. The van der Waals surface area contributed by atoms with E-state index in [0.717, 1.165) is 86.8 Å². The number of aromatic nitrogens is 4. The highest BCUT2D eigenvalue weighted by Crippen LogP contribution is 2.68. The van der Waals surface area contributed by atoms with E-state index in [1.165, 1.54) is 26.7 Å². The number of aliphatic hydroxyl groups is 4. The minimum Gasteiger partial charge on any atom is -0.393 e. The molecule has 26 nitrogen and oxygen atoms in total. The Balaban J connectivity index is 0.764. The SMILES string of the molecule is C[C@H](CCC[C@@H](C)[C@H]1CC[C@H]2[C@@H]3[C@H](O)C[C@@H]4C[C@H](O)CC[C@]4(C)[C@H]3CC[C@]12C)C(=O)SCCNC(=O)CCNC(=O)[C@H](O)C(C)(C)COP(=O)(O)OP(=O)(O)OC[C@H]1O[C@@H](n2cnc3c(N)ncnc32)[C@H](O)[C@@H]1OP(=O)(O)O. The third-order valence-corrected chi connectivity index (χ3v) is 22.1. The minimum absolute atomic E-state index is 0.0293. The maximum Gasteiger partial charge on any atom is 0.481 e. The van der Waals surface area contributed by atoms with Crippen molar-refractivity contribution in [2.45, 2.75) is 161 Å². The quantitative estimate of drug-likeness (QED) is 0.0492. The van der Waals surface area contributed by atoms with Gasteiger partial charge in [-0.3, -0.25) is 32.5 Å². The number of rotatable bonds is 25. The molecule has 5 fully saturated rings. The van der Waals surface area contributed by atoms with Crippen LogP contribution in [0.1, 0.15) is 125 Å². The van der Waals surface area contributed by atoms with E-state index < -0.39 is 84.6 Å². The van der Waals surface area contributed by atoms with E-state index in [4.69, 9.17) is 19.5 Å². The fourth-order valence-corrected chi connectivity index (χ4v) is 17.3. The van der Waals surface area contributed by atoms with Gasteiger partial charge in [-0.1, -0.05) is 66.1 Å². The average molecular weight is 1180 g/mol. The maximum absolute atomic E-state index is 13.0. The van der Waals surface area contributed by atoms with E-state index in [2.05, 4.69) is 55.2 Å². The number of carbonyl (C=O) groups is 3. The van der Waals surface area contributed by atoms with Crippen LogP contribution in [-0.2, 0) is 50.7 Å². The van der Waals surface area contributed by atoms with Crippen molar-refractivity contribution >= 4 is 69.1 Å². The first kappa shape index (κ1) is 63.1. The number of nitrogen functional groups attached to an aromatic ring is 1. The second-order valence-electron chi connectivity index (χ2n) is 23.5. The molecule has 2 amide bonds. The van der Waals surface area contributed by atoms with E-state index in [1.54, 1.807) is 0 Å². The Kier molecular flexibility index (Phi) is 20.3. The molecule has 30 heteroatoms. The Morgan fingerprint density at radius 1 is 0.923 bits per heavy atom. The molecule has 4 saturated carbocycles. The van der Waals surface area contributed by atoms with Crippen molar-refractivity contribution in [2.75, 3.05) is 37.8 Å². The lowest BCUT2D eigenvalue weighted by Gasteiger charge is -2.62. The molecule has 4 aliphatic carbocycles. The average Bonchev–Trinajstić information content (AvgIpc) is 4.21. The highest BCUT2D eigenvalue weighted by atomic mass is 32.2. The molecule has 0 bridgehead atoms.